The van der Waals surface area contributed by atoms with Crippen LogP contribution >= 0.6 is 0 Å². The van der Waals surface area contributed by atoms with Crippen molar-refractivity contribution in [2.45, 2.75) is 96.2 Å². The van der Waals surface area contributed by atoms with Gasteiger partial charge < -0.3 is 19.7 Å². The van der Waals surface area contributed by atoms with Gasteiger partial charge in [0.2, 0.25) is 0 Å². The maximum absolute atomic E-state index is 12.0. The molecule has 1 aromatic rings. The van der Waals surface area contributed by atoms with Gasteiger partial charge in [-0.25, -0.2) is 4.79 Å². The second-order valence-electron chi connectivity index (χ2n) is 9.85. The van der Waals surface area contributed by atoms with Crippen LogP contribution in [0.1, 0.15) is 84.1 Å². The molecule has 1 saturated heterocycles. The van der Waals surface area contributed by atoms with Gasteiger partial charge in [0.25, 0.3) is 0 Å². The number of likely N-dealkylation sites (tertiary alicyclic amines) is 1. The lowest BCUT2D eigenvalue weighted by Gasteiger charge is -2.41. The van der Waals surface area contributed by atoms with Crippen molar-refractivity contribution < 1.29 is 14.3 Å². The molecule has 1 aromatic carbocycles. The summed E-state index contributed by atoms with van der Waals surface area (Å²) in [5.74, 6) is 1.67. The van der Waals surface area contributed by atoms with E-state index in [0.717, 1.165) is 57.6 Å². The molecule has 5 heteroatoms. The van der Waals surface area contributed by atoms with Crippen LogP contribution < -0.4 is 10.1 Å². The number of para-hydroxylation sites is 1. The lowest BCUT2D eigenvalue weighted by Crippen LogP contribution is -2.47. The number of hydrogen-bond acceptors (Lipinski definition) is 4. The van der Waals surface area contributed by atoms with Gasteiger partial charge in [-0.3, -0.25) is 0 Å². The molecule has 0 radical (unpaired) electrons. The van der Waals surface area contributed by atoms with E-state index in [4.69, 9.17) is 9.47 Å². The maximum atomic E-state index is 12.0. The van der Waals surface area contributed by atoms with Crippen molar-refractivity contribution >= 4 is 6.09 Å². The molecule has 1 saturated carbocycles. The number of nitrogens with one attached hydrogen (secondary N) is 1. The molecule has 1 heterocycles. The Morgan fingerprint density at radius 2 is 1.73 bits per heavy atom. The molecule has 0 atom stereocenters. The maximum Gasteiger partial charge on any atom is 0.407 e. The van der Waals surface area contributed by atoms with Crippen LogP contribution in [0, 0.1) is 0 Å². The Morgan fingerprint density at radius 1 is 1.07 bits per heavy atom. The average Bonchev–Trinajstić information content (AvgIpc) is 2.72. The van der Waals surface area contributed by atoms with Crippen molar-refractivity contribution in [3.63, 3.8) is 0 Å². The fourth-order valence-electron chi connectivity index (χ4n) is 4.80. The predicted molar refractivity (Wildman–Crippen MR) is 121 cm³/mol. The number of piperidine rings is 1. The Hall–Kier alpha value is -1.75. The van der Waals surface area contributed by atoms with E-state index in [2.05, 4.69) is 41.4 Å². The summed E-state index contributed by atoms with van der Waals surface area (Å²) < 4.78 is 11.4. The van der Waals surface area contributed by atoms with Crippen molar-refractivity contribution in [1.82, 2.24) is 10.2 Å². The number of nitrogens with zero attached hydrogens (tertiary/aromatic N) is 1. The van der Waals surface area contributed by atoms with Gasteiger partial charge in [-0.1, -0.05) is 25.1 Å². The highest BCUT2D eigenvalue weighted by Crippen LogP contribution is 2.36. The van der Waals surface area contributed by atoms with Gasteiger partial charge in [0.1, 0.15) is 11.4 Å². The molecule has 1 aliphatic heterocycles. The van der Waals surface area contributed by atoms with Crippen LogP contribution in [-0.2, 0) is 4.74 Å². The monoisotopic (exact) mass is 416 g/mol. The number of carbonyl (C=O) groups is 1. The minimum atomic E-state index is -0.439. The summed E-state index contributed by atoms with van der Waals surface area (Å²) in [5.41, 5.74) is 0.946. The highest BCUT2D eigenvalue weighted by molar-refractivity contribution is 5.68. The van der Waals surface area contributed by atoms with Gasteiger partial charge in [0, 0.05) is 12.1 Å². The number of benzene rings is 1. The standard InChI is InChI=1S/C25H40N2O3/c1-5-18-29-23-9-7-6-8-22(23)19-14-16-27(17-15-19)21-12-10-20(11-13-21)26-24(28)30-25(2,3)4/h6-9,19-21H,5,10-18H2,1-4H3,(H,26,28). The van der Waals surface area contributed by atoms with Gasteiger partial charge in [-0.05, 0) is 96.4 Å². The smallest absolute Gasteiger partial charge is 0.407 e. The van der Waals surface area contributed by atoms with E-state index in [9.17, 15) is 4.79 Å². The molecule has 0 spiro atoms. The van der Waals surface area contributed by atoms with Crippen molar-refractivity contribution in [1.29, 1.82) is 0 Å². The number of carbonyl (C=O) groups excluding carboxylic acids is 1. The first-order chi connectivity index (χ1) is 14.4. The van der Waals surface area contributed by atoms with Crippen LogP contribution in [0.3, 0.4) is 0 Å². The van der Waals surface area contributed by atoms with E-state index >= 15 is 0 Å². The first kappa shape index (κ1) is 22.9. The second kappa shape index (κ2) is 10.5. The molecular weight excluding hydrogens is 376 g/mol. The van der Waals surface area contributed by atoms with E-state index in [-0.39, 0.29) is 12.1 Å². The predicted octanol–water partition coefficient (Wildman–Crippen LogP) is 5.49. The zero-order valence-electron chi connectivity index (χ0n) is 19.3. The Labute approximate surface area is 182 Å². The van der Waals surface area contributed by atoms with E-state index in [0.29, 0.717) is 12.0 Å². The van der Waals surface area contributed by atoms with E-state index in [1.165, 1.54) is 18.4 Å². The first-order valence-corrected chi connectivity index (χ1v) is 11.8. The highest BCUT2D eigenvalue weighted by atomic mass is 16.6. The summed E-state index contributed by atoms with van der Waals surface area (Å²) in [5, 5.41) is 3.06. The molecule has 0 aromatic heterocycles. The van der Waals surface area contributed by atoms with Crippen LogP contribution in [0.4, 0.5) is 4.79 Å². The normalized spacial score (nSPS) is 23.7. The third-order valence-corrected chi connectivity index (χ3v) is 6.28. The molecule has 1 amide bonds. The zero-order chi connectivity index (χ0) is 21.6. The van der Waals surface area contributed by atoms with Crippen molar-refractivity contribution in [2.75, 3.05) is 19.7 Å². The summed E-state index contributed by atoms with van der Waals surface area (Å²) in [6, 6.07) is 9.48. The van der Waals surface area contributed by atoms with Crippen LogP contribution in [0.15, 0.2) is 24.3 Å². The van der Waals surface area contributed by atoms with E-state index in [1.54, 1.807) is 0 Å². The summed E-state index contributed by atoms with van der Waals surface area (Å²) in [6.45, 7) is 11.0. The van der Waals surface area contributed by atoms with Crippen molar-refractivity contribution in [3.8, 4) is 5.75 Å². The lowest BCUT2D eigenvalue weighted by atomic mass is 9.85. The summed E-state index contributed by atoms with van der Waals surface area (Å²) in [4.78, 5) is 14.7. The van der Waals surface area contributed by atoms with Crippen molar-refractivity contribution in [3.05, 3.63) is 29.8 Å². The number of alkyl carbamates (subject to hydrolysis) is 1. The van der Waals surface area contributed by atoms with E-state index in [1.807, 2.05) is 20.8 Å². The molecule has 30 heavy (non-hydrogen) atoms. The van der Waals surface area contributed by atoms with Gasteiger partial charge in [-0.2, -0.15) is 0 Å². The van der Waals surface area contributed by atoms with E-state index < -0.39 is 5.60 Å². The Morgan fingerprint density at radius 3 is 2.37 bits per heavy atom. The molecule has 2 aliphatic rings. The van der Waals surface area contributed by atoms with Crippen LogP contribution in [0.25, 0.3) is 0 Å². The average molecular weight is 417 g/mol. The minimum Gasteiger partial charge on any atom is -0.493 e. The summed E-state index contributed by atoms with van der Waals surface area (Å²) >= 11 is 0. The molecule has 0 unspecified atom stereocenters. The fourth-order valence-corrected chi connectivity index (χ4v) is 4.80. The van der Waals surface area contributed by atoms with Crippen molar-refractivity contribution in [2.24, 2.45) is 0 Å². The minimum absolute atomic E-state index is 0.247. The topological polar surface area (TPSA) is 50.8 Å². The first-order valence-electron chi connectivity index (χ1n) is 11.8. The van der Waals surface area contributed by atoms with Gasteiger partial charge >= 0.3 is 6.09 Å². The largest absolute Gasteiger partial charge is 0.493 e. The molecule has 3 rings (SSSR count). The lowest BCUT2D eigenvalue weighted by molar-refractivity contribution is 0.0470. The molecular formula is C25H40N2O3. The molecule has 168 valence electrons. The van der Waals surface area contributed by atoms with Crippen LogP contribution in [0.5, 0.6) is 5.75 Å². The molecule has 5 nitrogen and oxygen atoms in total. The number of ether oxygens (including phenoxy) is 2. The number of amides is 1. The van der Waals surface area contributed by atoms with Gasteiger partial charge in [0.05, 0.1) is 6.61 Å². The third kappa shape index (κ3) is 6.63. The Bertz CT molecular complexity index is 669. The summed E-state index contributed by atoms with van der Waals surface area (Å²) in [6.07, 6.45) is 7.54. The van der Waals surface area contributed by atoms with Gasteiger partial charge in [0.15, 0.2) is 0 Å². The number of rotatable bonds is 6. The number of hydrogen-bond donors (Lipinski definition) is 1. The Balaban J connectivity index is 1.44. The second-order valence-corrected chi connectivity index (χ2v) is 9.85. The third-order valence-electron chi connectivity index (χ3n) is 6.28. The molecule has 1 aliphatic carbocycles. The highest BCUT2D eigenvalue weighted by Gasteiger charge is 2.31. The molecule has 1 N–H and O–H groups in total. The Kier molecular flexibility index (Phi) is 8.04. The van der Waals surface area contributed by atoms with Crippen LogP contribution in [-0.4, -0.2) is 48.4 Å². The quantitative estimate of drug-likeness (QED) is 0.666. The summed E-state index contributed by atoms with van der Waals surface area (Å²) in [7, 11) is 0. The SMILES string of the molecule is CCCOc1ccccc1C1CCN(C2CCC(NC(=O)OC(C)(C)C)CC2)CC1. The molecule has 2 fully saturated rings. The van der Waals surface area contributed by atoms with Crippen LogP contribution in [0.2, 0.25) is 0 Å². The fraction of sp³-hybridized carbons (Fsp3) is 0.720. The zero-order valence-corrected chi connectivity index (χ0v) is 19.3. The van der Waals surface area contributed by atoms with Gasteiger partial charge in [-0.15, -0.1) is 0 Å². The molecule has 0 bridgehead atoms.